The summed E-state index contributed by atoms with van der Waals surface area (Å²) in [6, 6.07) is 78.2. The van der Waals surface area contributed by atoms with Gasteiger partial charge < -0.3 is 75.8 Å². The number of esters is 4. The molecule has 3 saturated heterocycles. The van der Waals surface area contributed by atoms with Crippen molar-refractivity contribution in [3.8, 4) is 0 Å². The van der Waals surface area contributed by atoms with Gasteiger partial charge in [-0.25, -0.2) is 41.1 Å². The summed E-state index contributed by atoms with van der Waals surface area (Å²) in [5, 5.41) is 0. The molecule has 114 heavy (non-hydrogen) atoms. The van der Waals surface area contributed by atoms with Gasteiger partial charge in [0.25, 0.3) is 0 Å². The molecule has 592 valence electrons. The van der Waals surface area contributed by atoms with Crippen molar-refractivity contribution in [3.63, 3.8) is 0 Å². The first-order valence-electron chi connectivity index (χ1n) is 36.9. The zero-order valence-electron chi connectivity index (χ0n) is 61.6. The Morgan fingerprint density at radius 2 is 0.561 bits per heavy atom. The van der Waals surface area contributed by atoms with Crippen LogP contribution in [0.1, 0.15) is 74.8 Å². The summed E-state index contributed by atoms with van der Waals surface area (Å²) in [5.74, 6) is -17.3. The Hall–Kier alpha value is -10.8. The third-order valence-corrected chi connectivity index (χ3v) is 19.1. The zero-order chi connectivity index (χ0) is 79.1. The van der Waals surface area contributed by atoms with Crippen molar-refractivity contribution in [3.05, 3.63) is 358 Å². The van der Waals surface area contributed by atoms with Crippen molar-refractivity contribution in [2.24, 2.45) is 0 Å². The highest BCUT2D eigenvalue weighted by atomic mass is 19.2. The van der Waals surface area contributed by atoms with Gasteiger partial charge in [-0.05, 0) is 69.8 Å². The fourth-order valence-corrected chi connectivity index (χ4v) is 13.3. The molecule has 3 heterocycles. The Bertz CT molecular complexity index is 4650. The Morgan fingerprint density at radius 3 is 0.939 bits per heavy atom. The number of methoxy groups -OCH3 is 1. The molecule has 0 saturated carbocycles. The van der Waals surface area contributed by atoms with Crippen molar-refractivity contribution in [1.82, 2.24) is 0 Å². The quantitative estimate of drug-likeness (QED) is 0.0120. The number of ether oxygens (including phenoxy) is 16. The van der Waals surface area contributed by atoms with E-state index in [0.717, 1.165) is 16.7 Å². The van der Waals surface area contributed by atoms with E-state index in [-0.39, 0.29) is 62.9 Å². The Morgan fingerprint density at radius 1 is 0.281 bits per heavy atom. The maximum Gasteiger partial charge on any atom is 0.344 e. The molecule has 0 spiro atoms. The van der Waals surface area contributed by atoms with Crippen LogP contribution < -0.4 is 0 Å². The summed E-state index contributed by atoms with van der Waals surface area (Å²) in [7, 11) is 1.23. The molecule has 20 nitrogen and oxygen atoms in total. The first-order valence-corrected chi connectivity index (χ1v) is 36.9. The van der Waals surface area contributed by atoms with Gasteiger partial charge in [-0.1, -0.05) is 237 Å². The molecule has 0 aliphatic carbocycles. The highest BCUT2D eigenvalue weighted by Gasteiger charge is 2.59. The number of carbonyl (C=O) groups is 4. The van der Waals surface area contributed by atoms with E-state index in [4.69, 9.17) is 75.8 Å². The topological polar surface area (TPSA) is 216 Å². The normalized spacial score (nSPS) is 23.4. The van der Waals surface area contributed by atoms with Gasteiger partial charge in [0.1, 0.15) is 79.8 Å². The summed E-state index contributed by atoms with van der Waals surface area (Å²) in [6.45, 7) is -2.80. The van der Waals surface area contributed by atoms with E-state index in [0.29, 0.717) is 16.7 Å². The van der Waals surface area contributed by atoms with Crippen molar-refractivity contribution in [1.29, 1.82) is 0 Å². The van der Waals surface area contributed by atoms with Gasteiger partial charge in [-0.2, -0.15) is 0 Å². The van der Waals surface area contributed by atoms with E-state index in [1.165, 1.54) is 43.5 Å². The first kappa shape index (κ1) is 81.3. The van der Waals surface area contributed by atoms with Crippen LogP contribution in [0.3, 0.4) is 0 Å². The second-order valence-electron chi connectivity index (χ2n) is 26.9. The molecule has 0 radical (unpaired) electrons. The molecule has 0 bridgehead atoms. The minimum Gasteiger partial charge on any atom is -0.459 e. The van der Waals surface area contributed by atoms with Crippen molar-refractivity contribution in [2.45, 2.75) is 132 Å². The molecule has 0 aromatic heterocycles. The predicted molar refractivity (Wildman–Crippen MR) is 398 cm³/mol. The van der Waals surface area contributed by atoms with Crippen LogP contribution in [0.2, 0.25) is 0 Å². The maximum absolute atomic E-state index is 16.0. The molecule has 3 fully saturated rings. The van der Waals surface area contributed by atoms with Gasteiger partial charge in [0.05, 0.1) is 62.9 Å². The third kappa shape index (κ3) is 21.0. The van der Waals surface area contributed by atoms with Crippen LogP contribution >= 0.6 is 0 Å². The fourth-order valence-electron chi connectivity index (χ4n) is 13.3. The Labute approximate surface area is 654 Å². The molecular weight excluding hydrogens is 1480 g/mol. The number of benzene rings is 10. The molecule has 13 rings (SSSR count). The molecule has 0 N–H and O–H groups in total. The first-order chi connectivity index (χ1) is 55.7. The summed E-state index contributed by atoms with van der Waals surface area (Å²) < 4.78 is 186. The molecular formula is C89H81F5O20. The molecule has 15 unspecified atom stereocenters. The molecule has 10 aromatic rings. The third-order valence-electron chi connectivity index (χ3n) is 19.1. The van der Waals surface area contributed by atoms with Crippen LogP contribution in [0.4, 0.5) is 22.0 Å². The molecule has 3 aliphatic rings. The van der Waals surface area contributed by atoms with E-state index in [1.54, 1.807) is 115 Å². The van der Waals surface area contributed by atoms with Gasteiger partial charge in [0.2, 0.25) is 5.82 Å². The summed E-state index contributed by atoms with van der Waals surface area (Å²) in [6.07, 6.45) is -24.5. The molecule has 25 heteroatoms. The van der Waals surface area contributed by atoms with E-state index in [2.05, 4.69) is 0 Å². The lowest BCUT2D eigenvalue weighted by atomic mass is 9.94. The minimum atomic E-state index is -2.55. The fraction of sp³-hybridized carbons (Fsp3) is 0.281. The Balaban J connectivity index is 0.982. The molecule has 3 aliphatic heterocycles. The largest absolute Gasteiger partial charge is 0.459 e. The van der Waals surface area contributed by atoms with Crippen LogP contribution in [0, 0.1) is 29.1 Å². The van der Waals surface area contributed by atoms with Crippen LogP contribution in [-0.4, -0.2) is 143 Å². The monoisotopic (exact) mass is 1560 g/mol. The highest BCUT2D eigenvalue weighted by molar-refractivity contribution is 5.91. The Kier molecular flexibility index (Phi) is 28.7. The number of halogens is 5. The van der Waals surface area contributed by atoms with E-state index >= 15 is 17.6 Å². The van der Waals surface area contributed by atoms with E-state index < -0.39 is 164 Å². The summed E-state index contributed by atoms with van der Waals surface area (Å²) in [5.41, 5.74) is 2.33. The van der Waals surface area contributed by atoms with Crippen LogP contribution in [0.25, 0.3) is 0 Å². The second-order valence-corrected chi connectivity index (χ2v) is 26.9. The van der Waals surface area contributed by atoms with Crippen molar-refractivity contribution in [2.75, 3.05) is 26.9 Å². The molecule has 10 aromatic carbocycles. The van der Waals surface area contributed by atoms with Gasteiger partial charge in [-0.3, -0.25) is 0 Å². The lowest BCUT2D eigenvalue weighted by Gasteiger charge is -2.51. The van der Waals surface area contributed by atoms with Gasteiger partial charge in [0, 0.05) is 7.11 Å². The second kappa shape index (κ2) is 40.3. The average molecular weight is 1570 g/mol. The number of hydrogen-bond donors (Lipinski definition) is 0. The maximum atomic E-state index is 16.0. The van der Waals surface area contributed by atoms with Crippen LogP contribution in [0.5, 0.6) is 0 Å². The van der Waals surface area contributed by atoms with E-state index in [9.17, 15) is 23.6 Å². The van der Waals surface area contributed by atoms with E-state index in [1.807, 2.05) is 121 Å². The number of rotatable bonds is 34. The lowest BCUT2D eigenvalue weighted by Crippen LogP contribution is -2.68. The van der Waals surface area contributed by atoms with Crippen molar-refractivity contribution < 1.29 is 117 Å². The number of hydrogen-bond acceptors (Lipinski definition) is 20. The SMILES string of the molecule is COC1OC(COC(=O)c2ccccc2)C(OC2OC(COC(=O)c3c(F)c(F)c(F)c(F)c3F)C(OC3OC(COCc4ccccc4)C(OCc4ccccc4)C(OCc4ccccc4)C3OCc3ccccc3)C(OCc3ccccc3)C2OCc2ccccc2)C(OC(=O)c2ccccc2)C1OC(=O)c1ccccc1. The van der Waals surface area contributed by atoms with Gasteiger partial charge in [-0.15, -0.1) is 0 Å². The summed E-state index contributed by atoms with van der Waals surface area (Å²) in [4.78, 5) is 58.2. The van der Waals surface area contributed by atoms with Crippen molar-refractivity contribution >= 4 is 23.9 Å². The molecule has 0 amide bonds. The lowest BCUT2D eigenvalue weighted by molar-refractivity contribution is -0.390. The van der Waals surface area contributed by atoms with Gasteiger partial charge >= 0.3 is 23.9 Å². The average Bonchev–Trinajstić information content (AvgIpc) is 0.760. The predicted octanol–water partition coefficient (Wildman–Crippen LogP) is 14.6. The van der Waals surface area contributed by atoms with Crippen LogP contribution in [0.15, 0.2) is 273 Å². The smallest absolute Gasteiger partial charge is 0.344 e. The zero-order valence-corrected chi connectivity index (χ0v) is 61.6. The minimum absolute atomic E-state index is 0.00249. The molecule has 15 atom stereocenters. The number of carbonyl (C=O) groups excluding carboxylic acids is 4. The standard InChI is InChI=1S/C89H81F5O20/c1-99-87-82(112-85(97)64-45-27-10-28-46-64)79(111-84(96)63-43-25-9-26-44-63)76(67(108-87)54-106-83(95)62-41-23-8-24-42-62)114-89-81(105-52-61-39-21-7-22-40-61)78(103-50-59-35-17-5-18-36-59)75(66(110-89)55-107-86(98)68-69(90)71(92)73(94)72(93)70(68)91)113-88-80(104-51-60-37-19-6-20-38-60)77(102-49-58-33-15-4-16-34-58)74(101-48-57-31-13-3-14-32-57)65(109-88)53-100-47-56-29-11-2-12-30-56/h2-46,65-67,74-82,87-89H,47-55H2,1H3. The summed E-state index contributed by atoms with van der Waals surface area (Å²) >= 11 is 0. The highest BCUT2D eigenvalue weighted by Crippen LogP contribution is 2.40. The van der Waals surface area contributed by atoms with Gasteiger partial charge in [0.15, 0.2) is 54.3 Å². The van der Waals surface area contributed by atoms with Crippen LogP contribution in [-0.2, 0) is 115 Å².